The Morgan fingerprint density at radius 1 is 1.43 bits per heavy atom. The smallest absolute Gasteiger partial charge is 0.326 e. The van der Waals surface area contributed by atoms with Crippen LogP contribution >= 0.6 is 12.4 Å². The first kappa shape index (κ1) is 19.7. The van der Waals surface area contributed by atoms with E-state index in [0.29, 0.717) is 12.6 Å². The molecule has 1 atom stereocenters. The summed E-state index contributed by atoms with van der Waals surface area (Å²) >= 11 is 0. The van der Waals surface area contributed by atoms with Crippen molar-refractivity contribution in [2.24, 2.45) is 0 Å². The second-order valence-electron chi connectivity index (χ2n) is 5.47. The minimum Gasteiger partial charge on any atom is -0.326 e. The number of amides is 1. The molecule has 1 saturated heterocycles. The molecular weight excluding hydrogens is 331 g/mol. The summed E-state index contributed by atoms with van der Waals surface area (Å²) in [6, 6.07) is 5.04. The number of alkyl halides is 3. The molecule has 0 unspecified atom stereocenters. The van der Waals surface area contributed by atoms with Gasteiger partial charge in [-0.2, -0.15) is 13.2 Å². The highest BCUT2D eigenvalue weighted by atomic mass is 35.5. The summed E-state index contributed by atoms with van der Waals surface area (Å²) in [4.78, 5) is 14.1. The molecule has 0 saturated carbocycles. The molecule has 1 fully saturated rings. The van der Waals surface area contributed by atoms with E-state index in [0.717, 1.165) is 31.8 Å². The Bertz CT molecular complexity index is 525. The van der Waals surface area contributed by atoms with Crippen molar-refractivity contribution >= 4 is 24.0 Å². The van der Waals surface area contributed by atoms with Gasteiger partial charge in [-0.05, 0) is 25.1 Å². The Morgan fingerprint density at radius 2 is 2.17 bits per heavy atom. The van der Waals surface area contributed by atoms with Crippen molar-refractivity contribution in [3.8, 4) is 0 Å². The van der Waals surface area contributed by atoms with Crippen molar-refractivity contribution < 1.29 is 18.0 Å². The van der Waals surface area contributed by atoms with Gasteiger partial charge in [0.25, 0.3) is 0 Å². The summed E-state index contributed by atoms with van der Waals surface area (Å²) in [6.45, 7) is 5.33. The van der Waals surface area contributed by atoms with Crippen LogP contribution in [0.4, 0.5) is 18.9 Å². The molecule has 1 aliphatic rings. The molecule has 1 heterocycles. The number of anilines is 1. The maximum atomic E-state index is 12.6. The number of nitrogens with one attached hydrogen (secondary N) is 2. The molecule has 0 radical (unpaired) electrons. The molecule has 130 valence electrons. The Morgan fingerprint density at radius 3 is 2.83 bits per heavy atom. The number of benzene rings is 1. The number of carbonyl (C=O) groups is 1. The highest BCUT2D eigenvalue weighted by Gasteiger charge is 2.30. The maximum Gasteiger partial charge on any atom is 0.416 e. The van der Waals surface area contributed by atoms with Crippen molar-refractivity contribution in [2.75, 3.05) is 31.5 Å². The maximum absolute atomic E-state index is 12.6. The molecule has 1 aliphatic heterocycles. The minimum atomic E-state index is -4.41. The van der Waals surface area contributed by atoms with Gasteiger partial charge in [-0.1, -0.05) is 6.07 Å². The van der Waals surface area contributed by atoms with Crippen LogP contribution in [0.25, 0.3) is 0 Å². The molecule has 23 heavy (non-hydrogen) atoms. The van der Waals surface area contributed by atoms with Crippen LogP contribution in [0.15, 0.2) is 24.3 Å². The molecule has 0 bridgehead atoms. The molecule has 8 heteroatoms. The van der Waals surface area contributed by atoms with Crippen LogP contribution in [0.3, 0.4) is 0 Å². The fraction of sp³-hybridized carbons (Fsp3) is 0.533. The zero-order valence-electron chi connectivity index (χ0n) is 12.8. The van der Waals surface area contributed by atoms with Crippen LogP contribution in [-0.2, 0) is 11.0 Å². The SMILES string of the molecule is C[C@H]1CNCCN1CCC(=O)Nc1cccc(C(F)(F)F)c1.Cl. The summed E-state index contributed by atoms with van der Waals surface area (Å²) in [6.07, 6.45) is -4.14. The molecule has 2 rings (SSSR count). The first-order chi connectivity index (χ1) is 10.4. The first-order valence-electron chi connectivity index (χ1n) is 7.28. The lowest BCUT2D eigenvalue weighted by atomic mass is 10.2. The van der Waals surface area contributed by atoms with Crippen molar-refractivity contribution in [1.29, 1.82) is 0 Å². The zero-order chi connectivity index (χ0) is 16.2. The van der Waals surface area contributed by atoms with Crippen LogP contribution in [-0.4, -0.2) is 43.0 Å². The number of carbonyl (C=O) groups excluding carboxylic acids is 1. The Labute approximate surface area is 139 Å². The van der Waals surface area contributed by atoms with Gasteiger partial charge < -0.3 is 10.6 Å². The zero-order valence-corrected chi connectivity index (χ0v) is 13.6. The van der Waals surface area contributed by atoms with Gasteiger partial charge in [-0.25, -0.2) is 0 Å². The van der Waals surface area contributed by atoms with E-state index in [1.54, 1.807) is 0 Å². The van der Waals surface area contributed by atoms with E-state index in [2.05, 4.69) is 22.5 Å². The largest absolute Gasteiger partial charge is 0.416 e. The van der Waals surface area contributed by atoms with E-state index in [4.69, 9.17) is 0 Å². The molecule has 4 nitrogen and oxygen atoms in total. The Kier molecular flexibility index (Phi) is 7.31. The van der Waals surface area contributed by atoms with E-state index in [9.17, 15) is 18.0 Å². The number of halogens is 4. The van der Waals surface area contributed by atoms with Gasteiger partial charge >= 0.3 is 6.18 Å². The van der Waals surface area contributed by atoms with E-state index in [1.807, 2.05) is 0 Å². The highest BCUT2D eigenvalue weighted by molar-refractivity contribution is 5.90. The van der Waals surface area contributed by atoms with E-state index >= 15 is 0 Å². The summed E-state index contributed by atoms with van der Waals surface area (Å²) < 4.78 is 37.8. The van der Waals surface area contributed by atoms with E-state index < -0.39 is 11.7 Å². The molecule has 1 aromatic carbocycles. The quantitative estimate of drug-likeness (QED) is 0.876. The van der Waals surface area contributed by atoms with Crippen molar-refractivity contribution in [1.82, 2.24) is 10.2 Å². The normalized spacial score (nSPS) is 19.0. The lowest BCUT2D eigenvalue weighted by Crippen LogP contribution is -2.50. The third kappa shape index (κ3) is 6.01. The van der Waals surface area contributed by atoms with Crippen LogP contribution in [0, 0.1) is 0 Å². The van der Waals surface area contributed by atoms with Crippen molar-refractivity contribution in [3.05, 3.63) is 29.8 Å². The number of nitrogens with zero attached hydrogens (tertiary/aromatic N) is 1. The van der Waals surface area contributed by atoms with Gasteiger partial charge in [0.2, 0.25) is 5.91 Å². The standard InChI is InChI=1S/C15H20F3N3O.ClH/c1-11-10-19-6-8-21(11)7-5-14(22)20-13-4-2-3-12(9-13)15(16,17)18;/h2-4,9,11,19H,5-8,10H2,1H3,(H,20,22);1H/t11-;/m0./s1. The monoisotopic (exact) mass is 351 g/mol. The summed E-state index contributed by atoms with van der Waals surface area (Å²) in [5, 5.41) is 5.79. The van der Waals surface area contributed by atoms with Crippen LogP contribution in [0.1, 0.15) is 18.9 Å². The Balaban J connectivity index is 0.00000264. The molecule has 0 spiro atoms. The average Bonchev–Trinajstić information content (AvgIpc) is 2.46. The minimum absolute atomic E-state index is 0. The van der Waals surface area contributed by atoms with Gasteiger partial charge in [-0.3, -0.25) is 9.69 Å². The number of piperazine rings is 1. The van der Waals surface area contributed by atoms with Gasteiger partial charge in [0.1, 0.15) is 0 Å². The topological polar surface area (TPSA) is 44.4 Å². The lowest BCUT2D eigenvalue weighted by molar-refractivity contribution is -0.137. The summed E-state index contributed by atoms with van der Waals surface area (Å²) in [5.41, 5.74) is -0.589. The van der Waals surface area contributed by atoms with Crippen LogP contribution in [0.5, 0.6) is 0 Å². The van der Waals surface area contributed by atoms with Gasteiger partial charge in [-0.15, -0.1) is 12.4 Å². The van der Waals surface area contributed by atoms with E-state index in [1.165, 1.54) is 12.1 Å². The van der Waals surface area contributed by atoms with E-state index in [-0.39, 0.29) is 30.4 Å². The van der Waals surface area contributed by atoms with Crippen molar-refractivity contribution in [2.45, 2.75) is 25.6 Å². The summed E-state index contributed by atoms with van der Waals surface area (Å²) in [7, 11) is 0. The predicted molar refractivity (Wildman–Crippen MR) is 85.8 cm³/mol. The third-order valence-corrected chi connectivity index (χ3v) is 3.74. The third-order valence-electron chi connectivity index (χ3n) is 3.74. The molecule has 1 amide bonds. The predicted octanol–water partition coefficient (Wildman–Crippen LogP) is 2.75. The average molecular weight is 352 g/mol. The number of hydrogen-bond donors (Lipinski definition) is 2. The van der Waals surface area contributed by atoms with Gasteiger partial charge in [0.05, 0.1) is 5.56 Å². The van der Waals surface area contributed by atoms with Crippen LogP contribution in [0.2, 0.25) is 0 Å². The fourth-order valence-electron chi connectivity index (χ4n) is 2.46. The second-order valence-corrected chi connectivity index (χ2v) is 5.47. The van der Waals surface area contributed by atoms with Crippen LogP contribution < -0.4 is 10.6 Å². The highest BCUT2D eigenvalue weighted by Crippen LogP contribution is 2.30. The lowest BCUT2D eigenvalue weighted by Gasteiger charge is -2.33. The Hall–Kier alpha value is -1.31. The van der Waals surface area contributed by atoms with Gasteiger partial charge in [0, 0.05) is 44.3 Å². The molecule has 1 aromatic rings. The second kappa shape index (κ2) is 8.52. The fourth-order valence-corrected chi connectivity index (χ4v) is 2.46. The number of rotatable bonds is 4. The summed E-state index contributed by atoms with van der Waals surface area (Å²) in [5.74, 6) is -0.273. The molecule has 0 aliphatic carbocycles. The van der Waals surface area contributed by atoms with Gasteiger partial charge in [0.15, 0.2) is 0 Å². The first-order valence-corrected chi connectivity index (χ1v) is 7.28. The molecule has 0 aromatic heterocycles. The molecule has 2 N–H and O–H groups in total. The van der Waals surface area contributed by atoms with Crippen molar-refractivity contribution in [3.63, 3.8) is 0 Å². The molecular formula is C15H21ClF3N3O. The number of hydrogen-bond acceptors (Lipinski definition) is 3.